The first kappa shape index (κ1) is 18.7. The summed E-state index contributed by atoms with van der Waals surface area (Å²) in [5.41, 5.74) is 0. The minimum absolute atomic E-state index is 0. The molecule has 0 aromatic carbocycles. The Morgan fingerprint density at radius 1 is 1.16 bits per heavy atom. The maximum absolute atomic E-state index is 12.2. The van der Waals surface area contributed by atoms with E-state index in [2.05, 4.69) is 31.1 Å². The van der Waals surface area contributed by atoms with Gasteiger partial charge in [0.25, 0.3) is 0 Å². The van der Waals surface area contributed by atoms with Crippen LogP contribution in [0, 0.1) is 0 Å². The zero-order valence-corrected chi connectivity index (χ0v) is 13.5. The molecule has 1 aliphatic rings. The lowest BCUT2D eigenvalue weighted by molar-refractivity contribution is -0.132. The van der Waals surface area contributed by atoms with Crippen LogP contribution in [-0.4, -0.2) is 61.5 Å². The molecule has 19 heavy (non-hydrogen) atoms. The molecule has 0 unspecified atom stereocenters. The van der Waals surface area contributed by atoms with Gasteiger partial charge >= 0.3 is 0 Å². The number of rotatable bonds is 7. The van der Waals surface area contributed by atoms with E-state index in [1.807, 2.05) is 4.90 Å². The molecule has 1 rings (SSSR count). The summed E-state index contributed by atoms with van der Waals surface area (Å²) in [5.74, 6) is 0.291. The van der Waals surface area contributed by atoms with Gasteiger partial charge in [-0.05, 0) is 45.8 Å². The fourth-order valence-electron chi connectivity index (χ4n) is 2.59. The van der Waals surface area contributed by atoms with Crippen LogP contribution in [0.3, 0.4) is 0 Å². The molecule has 0 spiro atoms. The summed E-state index contributed by atoms with van der Waals surface area (Å²) >= 11 is 0. The van der Waals surface area contributed by atoms with Crippen molar-refractivity contribution in [1.29, 1.82) is 0 Å². The lowest BCUT2D eigenvalue weighted by Gasteiger charge is -2.32. The highest BCUT2D eigenvalue weighted by atomic mass is 35.5. The summed E-state index contributed by atoms with van der Waals surface area (Å²) < 4.78 is 0. The number of hydrogen-bond acceptors (Lipinski definition) is 3. The molecule has 4 nitrogen and oxygen atoms in total. The number of halogens is 1. The number of nitrogens with zero attached hydrogens (tertiary/aromatic N) is 2. The molecule has 0 aromatic heterocycles. The van der Waals surface area contributed by atoms with E-state index in [9.17, 15) is 4.79 Å². The van der Waals surface area contributed by atoms with Crippen LogP contribution < -0.4 is 5.32 Å². The van der Waals surface area contributed by atoms with Gasteiger partial charge in [-0.2, -0.15) is 0 Å². The standard InChI is InChI=1S/C14H29N3O.ClH/c1-4-10-17(11-5-2)14(18)12-16(3)13-6-8-15-9-7-13;/h13,15H,4-12H2,1-3H3;1H. The van der Waals surface area contributed by atoms with Crippen LogP contribution in [0.4, 0.5) is 0 Å². The van der Waals surface area contributed by atoms with Gasteiger partial charge in [0, 0.05) is 19.1 Å². The summed E-state index contributed by atoms with van der Waals surface area (Å²) in [6.07, 6.45) is 4.41. The van der Waals surface area contributed by atoms with Crippen molar-refractivity contribution in [3.8, 4) is 0 Å². The molecule has 1 amide bonds. The van der Waals surface area contributed by atoms with Crippen LogP contribution >= 0.6 is 12.4 Å². The van der Waals surface area contributed by atoms with Crippen molar-refractivity contribution in [2.45, 2.75) is 45.6 Å². The number of piperidine rings is 1. The molecular formula is C14H30ClN3O. The molecule has 5 heteroatoms. The van der Waals surface area contributed by atoms with Crippen molar-refractivity contribution in [2.24, 2.45) is 0 Å². The zero-order valence-electron chi connectivity index (χ0n) is 12.7. The van der Waals surface area contributed by atoms with E-state index in [4.69, 9.17) is 0 Å². The highest BCUT2D eigenvalue weighted by molar-refractivity contribution is 5.85. The minimum Gasteiger partial charge on any atom is -0.342 e. The van der Waals surface area contributed by atoms with Gasteiger partial charge < -0.3 is 10.2 Å². The molecule has 1 aliphatic heterocycles. The molecular weight excluding hydrogens is 262 g/mol. The van der Waals surface area contributed by atoms with Gasteiger partial charge in [-0.3, -0.25) is 9.69 Å². The van der Waals surface area contributed by atoms with Gasteiger partial charge in [0.1, 0.15) is 0 Å². The first-order valence-corrected chi connectivity index (χ1v) is 7.37. The Labute approximate surface area is 124 Å². The van der Waals surface area contributed by atoms with Gasteiger partial charge in [-0.25, -0.2) is 0 Å². The summed E-state index contributed by atoms with van der Waals surface area (Å²) in [5, 5.41) is 3.36. The van der Waals surface area contributed by atoms with Crippen molar-refractivity contribution < 1.29 is 4.79 Å². The second-order valence-corrected chi connectivity index (χ2v) is 5.28. The maximum atomic E-state index is 12.2. The fourth-order valence-corrected chi connectivity index (χ4v) is 2.59. The zero-order chi connectivity index (χ0) is 13.4. The normalized spacial score (nSPS) is 16.2. The van der Waals surface area contributed by atoms with E-state index in [0.29, 0.717) is 18.5 Å². The van der Waals surface area contributed by atoms with Crippen molar-refractivity contribution in [1.82, 2.24) is 15.1 Å². The third kappa shape index (κ3) is 6.59. The highest BCUT2D eigenvalue weighted by Crippen LogP contribution is 2.10. The number of carbonyl (C=O) groups is 1. The molecule has 1 N–H and O–H groups in total. The molecule has 0 saturated carbocycles. The van der Waals surface area contributed by atoms with E-state index < -0.39 is 0 Å². The molecule has 0 radical (unpaired) electrons. The van der Waals surface area contributed by atoms with Crippen molar-refractivity contribution in [3.05, 3.63) is 0 Å². The minimum atomic E-state index is 0. The Hall–Kier alpha value is -0.320. The fraction of sp³-hybridized carbons (Fsp3) is 0.929. The van der Waals surface area contributed by atoms with E-state index in [0.717, 1.165) is 51.9 Å². The summed E-state index contributed by atoms with van der Waals surface area (Å²) in [6, 6.07) is 0.570. The van der Waals surface area contributed by atoms with Crippen LogP contribution in [-0.2, 0) is 4.79 Å². The molecule has 0 bridgehead atoms. The lowest BCUT2D eigenvalue weighted by atomic mass is 10.1. The smallest absolute Gasteiger partial charge is 0.236 e. The third-order valence-corrected chi connectivity index (χ3v) is 3.66. The Balaban J connectivity index is 0.00000324. The number of amides is 1. The number of hydrogen-bond donors (Lipinski definition) is 1. The van der Waals surface area contributed by atoms with Gasteiger partial charge in [0.2, 0.25) is 5.91 Å². The second-order valence-electron chi connectivity index (χ2n) is 5.28. The molecule has 0 atom stereocenters. The first-order chi connectivity index (χ1) is 8.69. The molecule has 1 fully saturated rings. The molecule has 1 heterocycles. The summed E-state index contributed by atoms with van der Waals surface area (Å²) in [6.45, 7) is 8.79. The largest absolute Gasteiger partial charge is 0.342 e. The van der Waals surface area contributed by atoms with E-state index in [1.165, 1.54) is 0 Å². The predicted octanol–water partition coefficient (Wildman–Crippen LogP) is 1.74. The number of nitrogens with one attached hydrogen (secondary N) is 1. The Morgan fingerprint density at radius 2 is 1.68 bits per heavy atom. The first-order valence-electron chi connectivity index (χ1n) is 7.37. The van der Waals surface area contributed by atoms with Crippen molar-refractivity contribution in [3.63, 3.8) is 0 Å². The predicted molar refractivity (Wildman–Crippen MR) is 82.9 cm³/mol. The van der Waals surface area contributed by atoms with Crippen molar-refractivity contribution in [2.75, 3.05) is 39.8 Å². The van der Waals surface area contributed by atoms with E-state index >= 15 is 0 Å². The SMILES string of the molecule is CCCN(CCC)C(=O)CN(C)C1CCNCC1.Cl. The van der Waals surface area contributed by atoms with Crippen LogP contribution in [0.5, 0.6) is 0 Å². The van der Waals surface area contributed by atoms with Gasteiger partial charge in [-0.1, -0.05) is 13.8 Å². The lowest BCUT2D eigenvalue weighted by Crippen LogP contribution is -2.46. The van der Waals surface area contributed by atoms with E-state index in [-0.39, 0.29) is 12.4 Å². The molecule has 114 valence electrons. The van der Waals surface area contributed by atoms with Crippen LogP contribution in [0.2, 0.25) is 0 Å². The van der Waals surface area contributed by atoms with E-state index in [1.54, 1.807) is 0 Å². The Morgan fingerprint density at radius 3 is 2.16 bits per heavy atom. The Kier molecular flexibility index (Phi) is 10.3. The van der Waals surface area contributed by atoms with Crippen LogP contribution in [0.15, 0.2) is 0 Å². The molecule has 0 aliphatic carbocycles. The quantitative estimate of drug-likeness (QED) is 0.776. The van der Waals surface area contributed by atoms with Gasteiger partial charge in [-0.15, -0.1) is 12.4 Å². The Bertz CT molecular complexity index is 239. The molecule has 0 aromatic rings. The highest BCUT2D eigenvalue weighted by Gasteiger charge is 2.21. The number of carbonyl (C=O) groups excluding carboxylic acids is 1. The maximum Gasteiger partial charge on any atom is 0.236 e. The third-order valence-electron chi connectivity index (χ3n) is 3.66. The average Bonchev–Trinajstić information content (AvgIpc) is 2.39. The topological polar surface area (TPSA) is 35.6 Å². The number of likely N-dealkylation sites (N-methyl/N-ethyl adjacent to an activating group) is 1. The van der Waals surface area contributed by atoms with Gasteiger partial charge in [0.05, 0.1) is 6.54 Å². The summed E-state index contributed by atoms with van der Waals surface area (Å²) in [7, 11) is 2.09. The van der Waals surface area contributed by atoms with Gasteiger partial charge in [0.15, 0.2) is 0 Å². The van der Waals surface area contributed by atoms with Crippen molar-refractivity contribution >= 4 is 18.3 Å². The average molecular weight is 292 g/mol. The summed E-state index contributed by atoms with van der Waals surface area (Å²) in [4.78, 5) is 16.5. The monoisotopic (exact) mass is 291 g/mol. The second kappa shape index (κ2) is 10.5. The van der Waals surface area contributed by atoms with Crippen LogP contribution in [0.25, 0.3) is 0 Å². The molecule has 1 saturated heterocycles. The van der Waals surface area contributed by atoms with Crippen LogP contribution in [0.1, 0.15) is 39.5 Å².